The van der Waals surface area contributed by atoms with E-state index >= 15 is 0 Å². The lowest BCUT2D eigenvalue weighted by molar-refractivity contribution is -0.857. The van der Waals surface area contributed by atoms with Gasteiger partial charge < -0.3 is 14.2 Å². The molecule has 0 aliphatic carbocycles. The summed E-state index contributed by atoms with van der Waals surface area (Å²) in [6.07, 6.45) is 4.81. The Morgan fingerprint density at radius 2 is 1.96 bits per heavy atom. The lowest BCUT2D eigenvalue weighted by Gasteiger charge is -2.26. The molecule has 7 heteroatoms. The Hall–Kier alpha value is -2.80. The van der Waals surface area contributed by atoms with Gasteiger partial charge in [0.25, 0.3) is 5.91 Å². The summed E-state index contributed by atoms with van der Waals surface area (Å²) in [5, 5.41) is 0. The number of hydrogen-bond donors (Lipinski definition) is 1. The fourth-order valence-corrected chi connectivity index (χ4v) is 3.11. The number of aromatic amines is 1. The van der Waals surface area contributed by atoms with Gasteiger partial charge in [-0.2, -0.15) is 0 Å². The summed E-state index contributed by atoms with van der Waals surface area (Å²) in [4.78, 5) is 43.6. The zero-order valence-corrected chi connectivity index (χ0v) is 14.2. The molecular weight excluding hydrogens is 322 g/mol. The third-order valence-electron chi connectivity index (χ3n) is 4.39. The summed E-state index contributed by atoms with van der Waals surface area (Å²) >= 11 is 0. The first-order chi connectivity index (χ1) is 12.0. The first kappa shape index (κ1) is 17.0. The molecule has 25 heavy (non-hydrogen) atoms. The summed E-state index contributed by atoms with van der Waals surface area (Å²) in [7, 11) is 3.95. The average Bonchev–Trinajstić information content (AvgIpc) is 3.22. The lowest BCUT2D eigenvalue weighted by Crippen LogP contribution is -3.06. The topological polar surface area (TPSA) is 86.2 Å². The zero-order valence-electron chi connectivity index (χ0n) is 14.2. The number of ketones is 2. The molecule has 1 amide bonds. The van der Waals surface area contributed by atoms with E-state index in [0.717, 1.165) is 10.5 Å². The minimum Gasteiger partial charge on any atom is -0.461 e. The van der Waals surface area contributed by atoms with Gasteiger partial charge in [0.1, 0.15) is 5.92 Å². The Labute approximate surface area is 145 Å². The maximum atomic E-state index is 12.8. The molecule has 2 atom stereocenters. The van der Waals surface area contributed by atoms with Gasteiger partial charge in [-0.05, 0) is 17.7 Å². The Kier molecular flexibility index (Phi) is 4.76. The van der Waals surface area contributed by atoms with Crippen LogP contribution in [0.2, 0.25) is 0 Å². The molecule has 0 saturated carbocycles. The molecule has 130 valence electrons. The SMILES string of the molecule is C[NH+](C)CCN1C(=O)C(=O)C(C(=O)c2ccco2)C1c1cc[nH+]cc1. The third kappa shape index (κ3) is 3.23. The van der Waals surface area contributed by atoms with Crippen molar-refractivity contribution in [3.8, 4) is 0 Å². The first-order valence-electron chi connectivity index (χ1n) is 8.18. The molecule has 2 aromatic rings. The predicted octanol–water partition coefficient (Wildman–Crippen LogP) is -0.810. The molecule has 2 N–H and O–H groups in total. The third-order valence-corrected chi connectivity index (χ3v) is 4.39. The van der Waals surface area contributed by atoms with E-state index in [1.165, 1.54) is 17.2 Å². The molecule has 0 radical (unpaired) electrons. The highest BCUT2D eigenvalue weighted by molar-refractivity contribution is 6.43. The Morgan fingerprint density at radius 1 is 1.24 bits per heavy atom. The number of rotatable bonds is 6. The molecular formula is C18H21N3O4+2. The number of carbonyl (C=O) groups excluding carboxylic acids is 3. The van der Waals surface area contributed by atoms with Crippen molar-refractivity contribution in [2.24, 2.45) is 5.92 Å². The van der Waals surface area contributed by atoms with Crippen LogP contribution >= 0.6 is 0 Å². The van der Waals surface area contributed by atoms with Gasteiger partial charge in [0, 0.05) is 12.1 Å². The Balaban J connectivity index is 2.01. The number of furan rings is 1. The van der Waals surface area contributed by atoms with Gasteiger partial charge in [0.15, 0.2) is 18.2 Å². The number of likely N-dealkylation sites (tertiary alicyclic amines) is 1. The molecule has 3 rings (SSSR count). The fraction of sp³-hybridized carbons (Fsp3) is 0.333. The number of likely N-dealkylation sites (N-methyl/N-ethyl adjacent to an activating group) is 1. The van der Waals surface area contributed by atoms with Crippen molar-refractivity contribution in [3.63, 3.8) is 0 Å². The highest BCUT2D eigenvalue weighted by Gasteiger charge is 2.52. The van der Waals surface area contributed by atoms with Crippen molar-refractivity contribution in [3.05, 3.63) is 54.2 Å². The number of carbonyl (C=O) groups is 3. The molecule has 0 aromatic carbocycles. The number of nitrogens with one attached hydrogen (secondary N) is 2. The maximum Gasteiger partial charge on any atom is 0.291 e. The molecule has 2 unspecified atom stereocenters. The minimum atomic E-state index is -1.08. The van der Waals surface area contributed by atoms with Crippen LogP contribution in [0.1, 0.15) is 22.2 Å². The summed E-state index contributed by atoms with van der Waals surface area (Å²) in [6.45, 7) is 1.08. The molecule has 7 nitrogen and oxygen atoms in total. The summed E-state index contributed by atoms with van der Waals surface area (Å²) < 4.78 is 5.17. The maximum absolute atomic E-state index is 12.8. The second-order valence-corrected chi connectivity index (χ2v) is 6.42. The van der Waals surface area contributed by atoms with E-state index in [9.17, 15) is 14.4 Å². The quantitative estimate of drug-likeness (QED) is 0.422. The van der Waals surface area contributed by atoms with Gasteiger partial charge in [0.2, 0.25) is 11.6 Å². The number of amides is 1. The van der Waals surface area contributed by atoms with Crippen molar-refractivity contribution in [1.29, 1.82) is 0 Å². The van der Waals surface area contributed by atoms with E-state index in [4.69, 9.17) is 4.42 Å². The normalized spacial score (nSPS) is 20.5. The van der Waals surface area contributed by atoms with Crippen LogP contribution in [-0.4, -0.2) is 49.6 Å². The molecule has 1 aliphatic heterocycles. The standard InChI is InChI=1S/C18H19N3O4/c1-20(2)9-10-21-15(12-5-7-19-8-6-12)14(17(23)18(21)24)16(22)13-4-3-11-25-13/h3-8,11,14-15H,9-10H2,1-2H3/p+2. The summed E-state index contributed by atoms with van der Waals surface area (Å²) in [5.74, 6) is -2.73. The second-order valence-electron chi connectivity index (χ2n) is 6.42. The van der Waals surface area contributed by atoms with Crippen molar-refractivity contribution in [2.75, 3.05) is 27.2 Å². The van der Waals surface area contributed by atoms with Gasteiger partial charge in [-0.25, -0.2) is 4.98 Å². The molecule has 1 saturated heterocycles. The molecule has 0 spiro atoms. The van der Waals surface area contributed by atoms with E-state index in [0.29, 0.717) is 13.1 Å². The zero-order chi connectivity index (χ0) is 18.0. The van der Waals surface area contributed by atoms with Gasteiger partial charge in [-0.1, -0.05) is 0 Å². The monoisotopic (exact) mass is 343 g/mol. The van der Waals surface area contributed by atoms with Crippen molar-refractivity contribution >= 4 is 17.5 Å². The minimum absolute atomic E-state index is 0.0960. The highest BCUT2D eigenvalue weighted by Crippen LogP contribution is 2.37. The number of hydrogen-bond acceptors (Lipinski definition) is 4. The van der Waals surface area contributed by atoms with Gasteiger partial charge >= 0.3 is 0 Å². The highest BCUT2D eigenvalue weighted by atomic mass is 16.3. The van der Waals surface area contributed by atoms with E-state index < -0.39 is 29.4 Å². The molecule has 3 heterocycles. The lowest BCUT2D eigenvalue weighted by atomic mass is 9.88. The van der Waals surface area contributed by atoms with Crippen LogP contribution in [0.15, 0.2) is 47.3 Å². The van der Waals surface area contributed by atoms with E-state index in [2.05, 4.69) is 4.98 Å². The van der Waals surface area contributed by atoms with Crippen molar-refractivity contribution < 1.29 is 28.7 Å². The van der Waals surface area contributed by atoms with E-state index in [1.54, 1.807) is 30.6 Å². The van der Waals surface area contributed by atoms with Crippen LogP contribution in [0.25, 0.3) is 0 Å². The van der Waals surface area contributed by atoms with Gasteiger partial charge in [-0.15, -0.1) is 0 Å². The predicted molar refractivity (Wildman–Crippen MR) is 86.7 cm³/mol. The van der Waals surface area contributed by atoms with E-state index in [-0.39, 0.29) is 5.76 Å². The fourth-order valence-electron chi connectivity index (χ4n) is 3.11. The Bertz CT molecular complexity index is 771. The van der Waals surface area contributed by atoms with Crippen LogP contribution in [0.5, 0.6) is 0 Å². The number of Topliss-reactive ketones (excluding diaryl/α,β-unsaturated/α-hetero) is 2. The van der Waals surface area contributed by atoms with Crippen LogP contribution < -0.4 is 9.88 Å². The summed E-state index contributed by atoms with van der Waals surface area (Å²) in [6, 6.07) is 6.06. The van der Waals surface area contributed by atoms with Gasteiger partial charge in [0.05, 0.1) is 39.5 Å². The van der Waals surface area contributed by atoms with Crippen LogP contribution in [0.4, 0.5) is 0 Å². The van der Waals surface area contributed by atoms with Gasteiger partial charge in [-0.3, -0.25) is 14.4 Å². The number of H-pyrrole nitrogens is 1. The van der Waals surface area contributed by atoms with Crippen LogP contribution in [0, 0.1) is 5.92 Å². The first-order valence-corrected chi connectivity index (χ1v) is 8.18. The number of quaternary nitrogens is 1. The molecule has 1 fully saturated rings. The number of nitrogens with zero attached hydrogens (tertiary/aromatic N) is 1. The molecule has 1 aliphatic rings. The largest absolute Gasteiger partial charge is 0.461 e. The smallest absolute Gasteiger partial charge is 0.291 e. The average molecular weight is 343 g/mol. The Morgan fingerprint density at radius 3 is 2.56 bits per heavy atom. The second kappa shape index (κ2) is 6.98. The van der Waals surface area contributed by atoms with Crippen molar-refractivity contribution in [1.82, 2.24) is 4.90 Å². The van der Waals surface area contributed by atoms with Crippen molar-refractivity contribution in [2.45, 2.75) is 6.04 Å². The van der Waals surface area contributed by atoms with Crippen LogP contribution in [0.3, 0.4) is 0 Å². The van der Waals surface area contributed by atoms with E-state index in [1.807, 2.05) is 14.1 Å². The number of pyridine rings is 1. The number of aromatic nitrogens is 1. The summed E-state index contributed by atoms with van der Waals surface area (Å²) in [5.41, 5.74) is 0.747. The van der Waals surface area contributed by atoms with Crippen LogP contribution in [-0.2, 0) is 9.59 Å². The molecule has 0 bridgehead atoms. The molecule has 2 aromatic heterocycles.